The Morgan fingerprint density at radius 2 is 2.18 bits per heavy atom. The molecule has 0 aliphatic heterocycles. The van der Waals surface area contributed by atoms with Crippen LogP contribution in [0.4, 0.5) is 0 Å². The Hall–Kier alpha value is -0.380. The number of ether oxygens (including phenoxy) is 1. The average Bonchev–Trinajstić information content (AvgIpc) is 2.81. The second-order valence-electron chi connectivity index (χ2n) is 4.66. The van der Waals surface area contributed by atoms with Crippen molar-refractivity contribution in [2.24, 2.45) is 5.92 Å². The number of hydrogen-bond donors (Lipinski definition) is 1. The van der Waals surface area contributed by atoms with Crippen molar-refractivity contribution >= 4 is 11.3 Å². The van der Waals surface area contributed by atoms with Gasteiger partial charge in [-0.3, -0.25) is 0 Å². The molecule has 0 amide bonds. The highest BCUT2D eigenvalue weighted by atomic mass is 32.1. The van der Waals surface area contributed by atoms with E-state index in [1.165, 1.54) is 4.88 Å². The molecule has 0 aromatic carbocycles. The highest BCUT2D eigenvalue weighted by Gasteiger charge is 2.15. The molecule has 0 radical (unpaired) electrons. The molecule has 1 N–H and O–H groups in total. The summed E-state index contributed by atoms with van der Waals surface area (Å²) in [6.45, 7) is 9.47. The standard InChI is InChI=1S/C14H25NOS/c1-4-9-16-10-6-8-15-14(12(2)3)13-7-5-11-17-13/h5,7,11-12,14-15H,4,6,8-10H2,1-3H3. The monoisotopic (exact) mass is 255 g/mol. The van der Waals surface area contributed by atoms with Gasteiger partial charge in [0.1, 0.15) is 0 Å². The molecular weight excluding hydrogens is 230 g/mol. The maximum atomic E-state index is 5.48. The minimum atomic E-state index is 0.487. The van der Waals surface area contributed by atoms with E-state index < -0.39 is 0 Å². The Bertz CT molecular complexity index is 272. The molecule has 1 aromatic heterocycles. The van der Waals surface area contributed by atoms with E-state index in [0.717, 1.165) is 32.6 Å². The molecule has 0 fully saturated rings. The summed E-state index contributed by atoms with van der Waals surface area (Å²) >= 11 is 1.84. The lowest BCUT2D eigenvalue weighted by Gasteiger charge is -2.21. The van der Waals surface area contributed by atoms with Crippen LogP contribution in [0.25, 0.3) is 0 Å². The molecule has 0 saturated carbocycles. The van der Waals surface area contributed by atoms with E-state index in [0.29, 0.717) is 12.0 Å². The third-order valence-electron chi connectivity index (χ3n) is 2.69. The number of hydrogen-bond acceptors (Lipinski definition) is 3. The zero-order chi connectivity index (χ0) is 12.5. The summed E-state index contributed by atoms with van der Waals surface area (Å²) in [5, 5.41) is 5.78. The fourth-order valence-corrected chi connectivity index (χ4v) is 2.78. The Labute approximate surface area is 109 Å². The summed E-state index contributed by atoms with van der Waals surface area (Å²) in [4.78, 5) is 1.44. The van der Waals surface area contributed by atoms with E-state index in [1.54, 1.807) is 0 Å². The molecule has 98 valence electrons. The van der Waals surface area contributed by atoms with E-state index in [2.05, 4.69) is 43.6 Å². The highest BCUT2D eigenvalue weighted by Crippen LogP contribution is 2.25. The van der Waals surface area contributed by atoms with Crippen LogP contribution in [0.1, 0.15) is 44.5 Å². The molecule has 0 saturated heterocycles. The molecule has 0 bridgehead atoms. The Morgan fingerprint density at radius 1 is 1.35 bits per heavy atom. The van der Waals surface area contributed by atoms with E-state index in [9.17, 15) is 0 Å². The lowest BCUT2D eigenvalue weighted by molar-refractivity contribution is 0.131. The smallest absolute Gasteiger partial charge is 0.0478 e. The van der Waals surface area contributed by atoms with E-state index in [4.69, 9.17) is 4.74 Å². The highest BCUT2D eigenvalue weighted by molar-refractivity contribution is 7.10. The van der Waals surface area contributed by atoms with Gasteiger partial charge in [-0.25, -0.2) is 0 Å². The van der Waals surface area contributed by atoms with Crippen LogP contribution in [-0.2, 0) is 4.74 Å². The summed E-state index contributed by atoms with van der Waals surface area (Å²) in [6, 6.07) is 4.83. The van der Waals surface area contributed by atoms with Crippen molar-refractivity contribution in [1.82, 2.24) is 5.32 Å². The molecule has 2 nitrogen and oxygen atoms in total. The first-order valence-corrected chi connectivity index (χ1v) is 7.48. The van der Waals surface area contributed by atoms with Gasteiger partial charge in [-0.15, -0.1) is 11.3 Å². The second kappa shape index (κ2) is 8.67. The van der Waals surface area contributed by atoms with Crippen molar-refractivity contribution in [2.75, 3.05) is 19.8 Å². The van der Waals surface area contributed by atoms with Crippen LogP contribution in [0.15, 0.2) is 17.5 Å². The first-order valence-electron chi connectivity index (χ1n) is 6.60. The van der Waals surface area contributed by atoms with Crippen molar-refractivity contribution in [3.05, 3.63) is 22.4 Å². The summed E-state index contributed by atoms with van der Waals surface area (Å²) in [7, 11) is 0. The van der Waals surface area contributed by atoms with Crippen LogP contribution >= 0.6 is 11.3 Å². The molecule has 3 heteroatoms. The van der Waals surface area contributed by atoms with Crippen LogP contribution in [0.2, 0.25) is 0 Å². The summed E-state index contributed by atoms with van der Waals surface area (Å²) in [5.41, 5.74) is 0. The van der Waals surface area contributed by atoms with Gasteiger partial charge in [0.25, 0.3) is 0 Å². The quantitative estimate of drug-likeness (QED) is 0.677. The number of nitrogens with one attached hydrogen (secondary N) is 1. The Balaban J connectivity index is 2.22. The van der Waals surface area contributed by atoms with Gasteiger partial charge in [-0.2, -0.15) is 0 Å². The van der Waals surface area contributed by atoms with Crippen LogP contribution in [0, 0.1) is 5.92 Å². The van der Waals surface area contributed by atoms with Crippen molar-refractivity contribution in [3.63, 3.8) is 0 Å². The van der Waals surface area contributed by atoms with Gasteiger partial charge < -0.3 is 10.1 Å². The SMILES string of the molecule is CCCOCCCNC(c1cccs1)C(C)C. The first kappa shape index (κ1) is 14.7. The predicted octanol–water partition coefficient (Wildman–Crippen LogP) is 3.85. The van der Waals surface area contributed by atoms with Crippen LogP contribution in [-0.4, -0.2) is 19.8 Å². The second-order valence-corrected chi connectivity index (χ2v) is 5.64. The van der Waals surface area contributed by atoms with Crippen LogP contribution in [0.5, 0.6) is 0 Å². The number of thiophene rings is 1. The zero-order valence-corrected chi connectivity index (χ0v) is 12.1. The lowest BCUT2D eigenvalue weighted by atomic mass is 10.0. The maximum Gasteiger partial charge on any atom is 0.0478 e. The van der Waals surface area contributed by atoms with Gasteiger partial charge in [-0.1, -0.05) is 26.8 Å². The minimum Gasteiger partial charge on any atom is -0.381 e. The van der Waals surface area contributed by atoms with Gasteiger partial charge in [-0.05, 0) is 36.8 Å². The van der Waals surface area contributed by atoms with Gasteiger partial charge in [0.2, 0.25) is 0 Å². The first-order chi connectivity index (χ1) is 8.25. The molecule has 0 spiro atoms. The zero-order valence-electron chi connectivity index (χ0n) is 11.2. The van der Waals surface area contributed by atoms with Crippen molar-refractivity contribution in [1.29, 1.82) is 0 Å². The summed E-state index contributed by atoms with van der Waals surface area (Å²) < 4.78 is 5.48. The van der Waals surface area contributed by atoms with Gasteiger partial charge >= 0.3 is 0 Å². The van der Waals surface area contributed by atoms with E-state index in [-0.39, 0.29) is 0 Å². The van der Waals surface area contributed by atoms with Gasteiger partial charge in [0.15, 0.2) is 0 Å². The molecule has 1 rings (SSSR count). The van der Waals surface area contributed by atoms with Crippen molar-refractivity contribution in [3.8, 4) is 0 Å². The number of rotatable bonds is 9. The Kier molecular flexibility index (Phi) is 7.49. The molecule has 1 aromatic rings. The third-order valence-corrected chi connectivity index (χ3v) is 3.65. The van der Waals surface area contributed by atoms with E-state index >= 15 is 0 Å². The molecule has 1 heterocycles. The average molecular weight is 255 g/mol. The summed E-state index contributed by atoms with van der Waals surface area (Å²) in [5.74, 6) is 0.630. The van der Waals surface area contributed by atoms with Crippen molar-refractivity contribution in [2.45, 2.75) is 39.7 Å². The fraction of sp³-hybridized carbons (Fsp3) is 0.714. The molecular formula is C14H25NOS. The minimum absolute atomic E-state index is 0.487. The molecule has 1 atom stereocenters. The van der Waals surface area contributed by atoms with E-state index in [1.807, 2.05) is 11.3 Å². The van der Waals surface area contributed by atoms with Gasteiger partial charge in [0, 0.05) is 24.1 Å². The predicted molar refractivity (Wildman–Crippen MR) is 75.6 cm³/mol. The molecule has 0 aliphatic rings. The third kappa shape index (κ3) is 5.66. The Morgan fingerprint density at radius 3 is 2.76 bits per heavy atom. The molecule has 1 unspecified atom stereocenters. The molecule has 17 heavy (non-hydrogen) atoms. The van der Waals surface area contributed by atoms with Crippen molar-refractivity contribution < 1.29 is 4.74 Å². The normalized spacial score (nSPS) is 13.2. The fourth-order valence-electron chi connectivity index (χ4n) is 1.81. The topological polar surface area (TPSA) is 21.3 Å². The maximum absolute atomic E-state index is 5.48. The van der Waals surface area contributed by atoms with Crippen LogP contribution < -0.4 is 5.32 Å². The van der Waals surface area contributed by atoms with Crippen LogP contribution in [0.3, 0.4) is 0 Å². The van der Waals surface area contributed by atoms with Gasteiger partial charge in [0.05, 0.1) is 0 Å². The lowest BCUT2D eigenvalue weighted by Crippen LogP contribution is -2.26. The summed E-state index contributed by atoms with van der Waals surface area (Å²) in [6.07, 6.45) is 2.20. The molecule has 0 aliphatic carbocycles. The largest absolute Gasteiger partial charge is 0.381 e.